The topological polar surface area (TPSA) is 3.24 Å². The lowest BCUT2D eigenvalue weighted by atomic mass is 10.1. The summed E-state index contributed by atoms with van der Waals surface area (Å²) in [5, 5.41) is 0. The Hall–Kier alpha value is -0.0400. The maximum absolute atomic E-state index is 2.41. The number of hydrogen-bond acceptors (Lipinski definition) is 1. The van der Waals surface area contributed by atoms with Gasteiger partial charge in [0.1, 0.15) is 0 Å². The van der Waals surface area contributed by atoms with E-state index in [9.17, 15) is 0 Å². The fourth-order valence-corrected chi connectivity index (χ4v) is 1.24. The van der Waals surface area contributed by atoms with Crippen LogP contribution in [0.3, 0.4) is 0 Å². The molecule has 1 heterocycles. The Morgan fingerprint density at radius 3 is 2.89 bits per heavy atom. The van der Waals surface area contributed by atoms with Crippen LogP contribution >= 0.6 is 0 Å². The van der Waals surface area contributed by atoms with E-state index in [1.54, 1.807) is 0 Å². The van der Waals surface area contributed by atoms with E-state index < -0.39 is 0 Å². The minimum atomic E-state index is 1.26. The first kappa shape index (κ1) is 7.07. The predicted molar refractivity (Wildman–Crippen MR) is 40.3 cm³/mol. The smallest absolute Gasteiger partial charge is 0.00190 e. The van der Waals surface area contributed by atoms with Crippen molar-refractivity contribution in [2.45, 2.75) is 25.7 Å². The molecule has 0 saturated carbocycles. The van der Waals surface area contributed by atoms with Gasteiger partial charge in [0.05, 0.1) is 0 Å². The Bertz CT molecular complexity index is 63.0. The highest BCUT2D eigenvalue weighted by Gasteiger charge is 2.01. The average molecular weight is 126 g/mol. The van der Waals surface area contributed by atoms with Gasteiger partial charge in [-0.15, -0.1) is 0 Å². The van der Waals surface area contributed by atoms with Crippen LogP contribution in [0.2, 0.25) is 0 Å². The van der Waals surface area contributed by atoms with Crippen molar-refractivity contribution in [2.24, 2.45) is 0 Å². The molecule has 0 spiro atoms. The normalized spacial score (nSPS) is 25.0. The Balaban J connectivity index is 2.12. The van der Waals surface area contributed by atoms with Crippen LogP contribution in [0.5, 0.6) is 0 Å². The molecule has 0 amide bonds. The number of hydrogen-bond donors (Lipinski definition) is 0. The Kier molecular flexibility index (Phi) is 3.05. The largest absolute Gasteiger partial charge is 0.306 e. The molecule has 0 N–H and O–H groups in total. The first-order valence-corrected chi connectivity index (χ1v) is 3.90. The highest BCUT2D eigenvalue weighted by molar-refractivity contribution is 4.70. The quantitative estimate of drug-likeness (QED) is 0.477. The summed E-state index contributed by atoms with van der Waals surface area (Å²) in [7, 11) is 2.21. The monoisotopic (exact) mass is 126 g/mol. The van der Waals surface area contributed by atoms with Crippen molar-refractivity contribution in [3.05, 3.63) is 6.42 Å². The molecule has 1 radical (unpaired) electrons. The Labute approximate surface area is 58.0 Å². The summed E-state index contributed by atoms with van der Waals surface area (Å²) in [5.74, 6) is 0. The Morgan fingerprint density at radius 1 is 1.11 bits per heavy atom. The van der Waals surface area contributed by atoms with Gasteiger partial charge < -0.3 is 4.90 Å². The molecule has 0 aliphatic carbocycles. The highest BCUT2D eigenvalue weighted by atomic mass is 15.1. The summed E-state index contributed by atoms with van der Waals surface area (Å²) < 4.78 is 0. The van der Waals surface area contributed by atoms with Crippen molar-refractivity contribution < 1.29 is 0 Å². The molecule has 0 unspecified atom stereocenters. The molecule has 0 bridgehead atoms. The first-order valence-electron chi connectivity index (χ1n) is 3.90. The minimum Gasteiger partial charge on any atom is -0.306 e. The molecule has 1 nitrogen and oxygen atoms in total. The van der Waals surface area contributed by atoms with Crippen LogP contribution < -0.4 is 0 Å². The van der Waals surface area contributed by atoms with E-state index in [1.807, 2.05) is 0 Å². The summed E-state index contributed by atoms with van der Waals surface area (Å²) in [6.45, 7) is 2.56. The van der Waals surface area contributed by atoms with Crippen molar-refractivity contribution >= 4 is 0 Å². The number of likely N-dealkylation sites (tertiary alicyclic amines) is 1. The molecule has 0 atom stereocenters. The lowest BCUT2D eigenvalue weighted by Crippen LogP contribution is -2.22. The third-order valence-corrected chi connectivity index (χ3v) is 1.91. The zero-order chi connectivity index (χ0) is 6.53. The van der Waals surface area contributed by atoms with Gasteiger partial charge in [0.2, 0.25) is 0 Å². The van der Waals surface area contributed by atoms with E-state index in [1.165, 1.54) is 38.8 Å². The van der Waals surface area contributed by atoms with Gasteiger partial charge in [0, 0.05) is 0 Å². The standard InChI is InChI=1S/C8H16N/c1-9-7-5-3-2-4-6-8-9/h3H,2,4-8H2,1H3. The molecule has 1 fully saturated rings. The minimum absolute atomic E-state index is 1.26. The first-order chi connectivity index (χ1) is 4.39. The van der Waals surface area contributed by atoms with Gasteiger partial charge in [-0.25, -0.2) is 0 Å². The molecule has 0 aromatic carbocycles. The van der Waals surface area contributed by atoms with Gasteiger partial charge in [0.25, 0.3) is 0 Å². The highest BCUT2D eigenvalue weighted by Crippen LogP contribution is 2.07. The zero-order valence-corrected chi connectivity index (χ0v) is 6.27. The van der Waals surface area contributed by atoms with Crippen molar-refractivity contribution in [3.8, 4) is 0 Å². The average Bonchev–Trinajstić information content (AvgIpc) is 1.79. The van der Waals surface area contributed by atoms with Crippen LogP contribution in [0.4, 0.5) is 0 Å². The van der Waals surface area contributed by atoms with Crippen LogP contribution in [0.15, 0.2) is 0 Å². The summed E-state index contributed by atoms with van der Waals surface area (Å²) in [5.41, 5.74) is 0. The van der Waals surface area contributed by atoms with E-state index in [0.717, 1.165) is 0 Å². The van der Waals surface area contributed by atoms with E-state index in [-0.39, 0.29) is 0 Å². The van der Waals surface area contributed by atoms with Gasteiger partial charge >= 0.3 is 0 Å². The second-order valence-corrected chi connectivity index (χ2v) is 2.88. The molecule has 9 heavy (non-hydrogen) atoms. The summed E-state index contributed by atoms with van der Waals surface area (Å²) in [4.78, 5) is 2.41. The second kappa shape index (κ2) is 3.89. The fraction of sp³-hybridized carbons (Fsp3) is 0.875. The van der Waals surface area contributed by atoms with E-state index >= 15 is 0 Å². The number of nitrogens with zero attached hydrogens (tertiary/aromatic N) is 1. The molecular formula is C8H16N. The van der Waals surface area contributed by atoms with Gasteiger partial charge in [-0.3, -0.25) is 0 Å². The maximum Gasteiger partial charge on any atom is -0.00190 e. The van der Waals surface area contributed by atoms with Crippen LogP contribution in [-0.4, -0.2) is 25.0 Å². The van der Waals surface area contributed by atoms with Crippen molar-refractivity contribution in [1.29, 1.82) is 0 Å². The van der Waals surface area contributed by atoms with Crippen LogP contribution in [0.1, 0.15) is 25.7 Å². The Morgan fingerprint density at radius 2 is 2.00 bits per heavy atom. The molecule has 1 aliphatic heterocycles. The molecule has 1 aliphatic rings. The van der Waals surface area contributed by atoms with Crippen LogP contribution in [0.25, 0.3) is 0 Å². The lowest BCUT2D eigenvalue weighted by molar-refractivity contribution is 0.316. The van der Waals surface area contributed by atoms with E-state index in [2.05, 4.69) is 18.4 Å². The van der Waals surface area contributed by atoms with Crippen molar-refractivity contribution in [1.82, 2.24) is 4.90 Å². The van der Waals surface area contributed by atoms with E-state index in [4.69, 9.17) is 0 Å². The maximum atomic E-state index is 2.41. The summed E-state index contributed by atoms with van der Waals surface area (Å²) >= 11 is 0. The van der Waals surface area contributed by atoms with Gasteiger partial charge in [-0.1, -0.05) is 12.8 Å². The zero-order valence-electron chi connectivity index (χ0n) is 6.27. The van der Waals surface area contributed by atoms with Crippen LogP contribution in [0, 0.1) is 6.42 Å². The molecule has 0 aromatic heterocycles. The predicted octanol–water partition coefficient (Wildman–Crippen LogP) is 1.70. The summed E-state index contributed by atoms with van der Waals surface area (Å²) in [6, 6.07) is 0. The molecule has 1 rings (SSSR count). The number of rotatable bonds is 0. The molecule has 1 heteroatoms. The van der Waals surface area contributed by atoms with Gasteiger partial charge in [0.15, 0.2) is 0 Å². The van der Waals surface area contributed by atoms with Crippen molar-refractivity contribution in [3.63, 3.8) is 0 Å². The van der Waals surface area contributed by atoms with Crippen LogP contribution in [-0.2, 0) is 0 Å². The molecule has 53 valence electrons. The fourth-order valence-electron chi connectivity index (χ4n) is 1.24. The second-order valence-electron chi connectivity index (χ2n) is 2.88. The third-order valence-electron chi connectivity index (χ3n) is 1.91. The van der Waals surface area contributed by atoms with Crippen molar-refractivity contribution in [2.75, 3.05) is 20.1 Å². The lowest BCUT2D eigenvalue weighted by Gasteiger charge is -2.18. The third kappa shape index (κ3) is 2.85. The summed E-state index contributed by atoms with van der Waals surface area (Å²) in [6.07, 6.45) is 7.82. The van der Waals surface area contributed by atoms with Gasteiger partial charge in [-0.2, -0.15) is 0 Å². The molecule has 1 saturated heterocycles. The van der Waals surface area contributed by atoms with Gasteiger partial charge in [-0.05, 0) is 39.4 Å². The molecular weight excluding hydrogens is 110 g/mol. The molecule has 0 aromatic rings. The van der Waals surface area contributed by atoms with E-state index in [0.29, 0.717) is 0 Å². The SMILES string of the molecule is CN1CC[CH]CCCC1.